The van der Waals surface area contributed by atoms with Crippen LogP contribution in [0.2, 0.25) is 0 Å². The lowest BCUT2D eigenvalue weighted by Crippen LogP contribution is -2.39. The van der Waals surface area contributed by atoms with Crippen LogP contribution in [0.3, 0.4) is 0 Å². The summed E-state index contributed by atoms with van der Waals surface area (Å²) in [5.74, 6) is 0.406. The van der Waals surface area contributed by atoms with Crippen LogP contribution < -0.4 is 5.73 Å². The molecule has 102 valence electrons. The summed E-state index contributed by atoms with van der Waals surface area (Å²) < 4.78 is 0. The molecule has 5 heteroatoms. The Morgan fingerprint density at radius 1 is 1.12 bits per heavy atom. The van der Waals surface area contributed by atoms with Crippen molar-refractivity contribution in [3.63, 3.8) is 0 Å². The molecule has 0 spiro atoms. The monoisotopic (exact) mass is 244 g/mol. The van der Waals surface area contributed by atoms with Crippen LogP contribution >= 0.6 is 0 Å². The van der Waals surface area contributed by atoms with Crippen molar-refractivity contribution in [1.29, 1.82) is 0 Å². The largest absolute Gasteiger partial charge is 0.409 e. The van der Waals surface area contributed by atoms with Crippen molar-refractivity contribution in [2.75, 3.05) is 39.3 Å². The third-order valence-electron chi connectivity index (χ3n) is 3.23. The van der Waals surface area contributed by atoms with Crippen LogP contribution in [0, 0.1) is 5.92 Å². The minimum absolute atomic E-state index is 0.0941. The molecule has 0 fully saturated rings. The molecule has 0 aliphatic carbocycles. The molecule has 0 radical (unpaired) electrons. The molecular formula is C12H28N4O. The SMILES string of the molecule is CCN(CC)CCN(CC)CC(C)C(N)=NO. The fourth-order valence-electron chi connectivity index (χ4n) is 1.78. The van der Waals surface area contributed by atoms with Crippen molar-refractivity contribution >= 4 is 5.84 Å². The van der Waals surface area contributed by atoms with Crippen molar-refractivity contribution in [2.45, 2.75) is 27.7 Å². The first-order valence-electron chi connectivity index (χ1n) is 6.51. The van der Waals surface area contributed by atoms with Crippen molar-refractivity contribution < 1.29 is 5.21 Å². The van der Waals surface area contributed by atoms with Crippen molar-refractivity contribution in [3.8, 4) is 0 Å². The third kappa shape index (κ3) is 6.48. The molecule has 0 aliphatic rings. The Bertz CT molecular complexity index is 217. The second-order valence-corrected chi connectivity index (χ2v) is 4.35. The quantitative estimate of drug-likeness (QED) is 0.275. The average molecular weight is 244 g/mol. The van der Waals surface area contributed by atoms with Gasteiger partial charge in [-0.15, -0.1) is 0 Å². The Hall–Kier alpha value is -0.810. The molecule has 0 rings (SSSR count). The summed E-state index contributed by atoms with van der Waals surface area (Å²) in [7, 11) is 0. The highest BCUT2D eigenvalue weighted by molar-refractivity contribution is 5.82. The highest BCUT2D eigenvalue weighted by atomic mass is 16.4. The molecule has 0 saturated heterocycles. The first kappa shape index (κ1) is 16.2. The molecule has 0 aromatic carbocycles. The van der Waals surface area contributed by atoms with E-state index in [0.717, 1.165) is 39.3 Å². The first-order valence-corrected chi connectivity index (χ1v) is 6.51. The van der Waals surface area contributed by atoms with Crippen LogP contribution in [0.1, 0.15) is 27.7 Å². The molecule has 1 unspecified atom stereocenters. The van der Waals surface area contributed by atoms with Gasteiger partial charge < -0.3 is 20.7 Å². The average Bonchev–Trinajstić information content (AvgIpc) is 2.37. The van der Waals surface area contributed by atoms with Crippen LogP contribution in [-0.4, -0.2) is 60.1 Å². The van der Waals surface area contributed by atoms with E-state index < -0.39 is 0 Å². The molecule has 0 bridgehead atoms. The lowest BCUT2D eigenvalue weighted by atomic mass is 10.1. The number of rotatable bonds is 9. The molecular weight excluding hydrogens is 216 g/mol. The van der Waals surface area contributed by atoms with Crippen molar-refractivity contribution in [1.82, 2.24) is 9.80 Å². The fraction of sp³-hybridized carbons (Fsp3) is 0.917. The summed E-state index contributed by atoms with van der Waals surface area (Å²) in [4.78, 5) is 4.73. The second kappa shape index (κ2) is 9.24. The summed E-state index contributed by atoms with van der Waals surface area (Å²) in [6, 6.07) is 0. The highest BCUT2D eigenvalue weighted by Gasteiger charge is 2.13. The Morgan fingerprint density at radius 3 is 2.00 bits per heavy atom. The molecule has 0 saturated carbocycles. The van der Waals surface area contributed by atoms with Gasteiger partial charge in [0.2, 0.25) is 0 Å². The zero-order chi connectivity index (χ0) is 13.3. The van der Waals surface area contributed by atoms with Gasteiger partial charge in [-0.25, -0.2) is 0 Å². The standard InChI is InChI=1S/C12H28N4O/c1-5-15(6-2)8-9-16(7-3)10-11(4)12(13)14-17/h11,17H,5-10H2,1-4H3,(H2,13,14). The fourth-order valence-corrected chi connectivity index (χ4v) is 1.78. The minimum Gasteiger partial charge on any atom is -0.409 e. The van der Waals surface area contributed by atoms with Crippen molar-refractivity contribution in [2.24, 2.45) is 16.8 Å². The molecule has 0 aromatic heterocycles. The summed E-state index contributed by atoms with van der Waals surface area (Å²) in [6.45, 7) is 14.6. The van der Waals surface area contributed by atoms with E-state index in [0.29, 0.717) is 5.84 Å². The van der Waals surface area contributed by atoms with Gasteiger partial charge in [-0.2, -0.15) is 0 Å². The van der Waals surface area contributed by atoms with Gasteiger partial charge >= 0.3 is 0 Å². The van der Waals surface area contributed by atoms with E-state index >= 15 is 0 Å². The molecule has 0 amide bonds. The normalized spacial score (nSPS) is 14.6. The van der Waals surface area contributed by atoms with Gasteiger partial charge in [0.05, 0.1) is 0 Å². The van der Waals surface area contributed by atoms with E-state index in [2.05, 4.69) is 35.7 Å². The van der Waals surface area contributed by atoms with Gasteiger partial charge in [-0.3, -0.25) is 0 Å². The molecule has 1 atom stereocenters. The van der Waals surface area contributed by atoms with Gasteiger partial charge in [0.1, 0.15) is 5.84 Å². The smallest absolute Gasteiger partial charge is 0.143 e. The molecule has 17 heavy (non-hydrogen) atoms. The summed E-state index contributed by atoms with van der Waals surface area (Å²) in [5.41, 5.74) is 5.59. The van der Waals surface area contributed by atoms with Gasteiger partial charge in [0.25, 0.3) is 0 Å². The molecule has 0 heterocycles. The van der Waals surface area contributed by atoms with Crippen LogP contribution in [0.5, 0.6) is 0 Å². The number of likely N-dealkylation sites (N-methyl/N-ethyl adjacent to an activating group) is 2. The zero-order valence-electron chi connectivity index (χ0n) is 11.7. The van der Waals surface area contributed by atoms with Crippen LogP contribution in [0.4, 0.5) is 0 Å². The lowest BCUT2D eigenvalue weighted by molar-refractivity contribution is 0.211. The first-order chi connectivity index (χ1) is 8.08. The van der Waals surface area contributed by atoms with Gasteiger partial charge in [0, 0.05) is 25.6 Å². The zero-order valence-corrected chi connectivity index (χ0v) is 11.7. The van der Waals surface area contributed by atoms with E-state index in [1.807, 2.05) is 6.92 Å². The Kier molecular flexibility index (Phi) is 8.80. The Labute approximate surface area is 105 Å². The predicted molar refractivity (Wildman–Crippen MR) is 72.5 cm³/mol. The van der Waals surface area contributed by atoms with E-state index in [-0.39, 0.29) is 5.92 Å². The topological polar surface area (TPSA) is 65.1 Å². The maximum Gasteiger partial charge on any atom is 0.143 e. The maximum atomic E-state index is 8.62. The van der Waals surface area contributed by atoms with Crippen molar-refractivity contribution in [3.05, 3.63) is 0 Å². The van der Waals surface area contributed by atoms with E-state index in [9.17, 15) is 0 Å². The van der Waals surface area contributed by atoms with E-state index in [1.165, 1.54) is 0 Å². The van der Waals surface area contributed by atoms with Crippen LogP contribution in [-0.2, 0) is 0 Å². The summed E-state index contributed by atoms with van der Waals surface area (Å²) in [6.07, 6.45) is 0. The number of nitrogens with zero attached hydrogens (tertiary/aromatic N) is 3. The van der Waals surface area contributed by atoms with Crippen LogP contribution in [0.25, 0.3) is 0 Å². The second-order valence-electron chi connectivity index (χ2n) is 4.35. The lowest BCUT2D eigenvalue weighted by Gasteiger charge is -2.27. The van der Waals surface area contributed by atoms with E-state index in [4.69, 9.17) is 10.9 Å². The number of hydrogen-bond donors (Lipinski definition) is 2. The van der Waals surface area contributed by atoms with Gasteiger partial charge in [0.15, 0.2) is 0 Å². The minimum atomic E-state index is 0.0941. The maximum absolute atomic E-state index is 8.62. The van der Waals surface area contributed by atoms with Gasteiger partial charge in [-0.05, 0) is 19.6 Å². The number of amidine groups is 1. The number of oxime groups is 1. The predicted octanol–water partition coefficient (Wildman–Crippen LogP) is 1.03. The highest BCUT2D eigenvalue weighted by Crippen LogP contribution is 2.01. The molecule has 5 nitrogen and oxygen atoms in total. The summed E-state index contributed by atoms with van der Waals surface area (Å²) in [5, 5.41) is 11.7. The number of hydrogen-bond acceptors (Lipinski definition) is 4. The Balaban J connectivity index is 4.07. The summed E-state index contributed by atoms with van der Waals surface area (Å²) >= 11 is 0. The van der Waals surface area contributed by atoms with Gasteiger partial charge in [-0.1, -0.05) is 32.9 Å². The Morgan fingerprint density at radius 2 is 1.59 bits per heavy atom. The molecule has 0 aromatic rings. The van der Waals surface area contributed by atoms with Crippen LogP contribution in [0.15, 0.2) is 5.16 Å². The number of nitrogens with two attached hydrogens (primary N) is 1. The van der Waals surface area contributed by atoms with E-state index in [1.54, 1.807) is 0 Å². The molecule has 0 aliphatic heterocycles. The molecule has 3 N–H and O–H groups in total. The third-order valence-corrected chi connectivity index (χ3v) is 3.23.